The van der Waals surface area contributed by atoms with Crippen molar-refractivity contribution in [3.63, 3.8) is 0 Å². The molecule has 0 spiro atoms. The highest BCUT2D eigenvalue weighted by atomic mass is 28.3. The van der Waals surface area contributed by atoms with Gasteiger partial charge in [0.1, 0.15) is 24.2 Å². The van der Waals surface area contributed by atoms with E-state index in [1.165, 1.54) is 19.4 Å². The van der Waals surface area contributed by atoms with Gasteiger partial charge in [-0.25, -0.2) is 9.59 Å². The van der Waals surface area contributed by atoms with E-state index in [2.05, 4.69) is 109 Å². The molecule has 0 saturated carbocycles. The molecule has 15 nitrogen and oxygen atoms in total. The molecular weight excluding hydrogens is 879 g/mol. The predicted molar refractivity (Wildman–Crippen MR) is 268 cm³/mol. The molecule has 3 aliphatic rings. The van der Waals surface area contributed by atoms with Crippen LogP contribution in [0.15, 0.2) is 72.8 Å². The lowest BCUT2D eigenvalue weighted by atomic mass is 10.0. The van der Waals surface area contributed by atoms with Crippen molar-refractivity contribution in [1.82, 2.24) is 20.4 Å². The summed E-state index contributed by atoms with van der Waals surface area (Å²) in [6, 6.07) is 22.1. The summed E-state index contributed by atoms with van der Waals surface area (Å²) < 4.78 is 9.51. The fourth-order valence-electron chi connectivity index (χ4n) is 9.70. The van der Waals surface area contributed by atoms with Crippen LogP contribution in [0.2, 0.25) is 18.1 Å². The molecule has 0 aliphatic carbocycles. The molecule has 0 bridgehead atoms. The first kappa shape index (κ1) is 51.5. The number of hydrogen-bond donors (Lipinski definition) is 4. The zero-order chi connectivity index (χ0) is 49.7. The first-order valence-corrected chi connectivity index (χ1v) is 27.2. The fraction of sp³-hybridized carbons (Fsp3) is 0.538. The fourth-order valence-corrected chi connectivity index (χ4v) is 11.6. The van der Waals surface area contributed by atoms with Gasteiger partial charge in [0.25, 0.3) is 0 Å². The molecule has 68 heavy (non-hydrogen) atoms. The van der Waals surface area contributed by atoms with Gasteiger partial charge in [-0.15, -0.1) is 0 Å². The van der Waals surface area contributed by atoms with Crippen molar-refractivity contribution in [2.24, 2.45) is 11.8 Å². The van der Waals surface area contributed by atoms with Crippen molar-refractivity contribution >= 4 is 66.1 Å². The quantitative estimate of drug-likeness (QED) is 0.116. The minimum Gasteiger partial charge on any atom is -0.453 e. The molecule has 16 heteroatoms. The van der Waals surface area contributed by atoms with Gasteiger partial charge in [0.2, 0.25) is 23.6 Å². The van der Waals surface area contributed by atoms with E-state index in [9.17, 15) is 28.8 Å². The first-order valence-electron chi connectivity index (χ1n) is 24.2. The highest BCUT2D eigenvalue weighted by Gasteiger charge is 2.42. The smallest absolute Gasteiger partial charge is 0.407 e. The molecule has 3 aromatic rings. The SMILES string of the molecule is COC(=O)N[C@H](C(=O)N1CCC[C@H]1C(=O)Nc1ccc([C@H]2CC[C@H](c3ccc(NC(=O)[C@@H]4CCCN4C(=O)[C@@H](NC(=O)OC)C(C)C)cc3)N2c2ccc([Si](C)(C)C(C)(C)C)cc2)cc1)C(C)C. The number of carbonyl (C=O) groups excluding carboxylic acids is 6. The van der Waals surface area contributed by atoms with Crippen LogP contribution in [-0.2, 0) is 28.7 Å². The molecule has 6 rings (SSSR count). The van der Waals surface area contributed by atoms with Crippen LogP contribution in [0.3, 0.4) is 0 Å². The number of anilines is 3. The van der Waals surface area contributed by atoms with E-state index in [1.807, 2.05) is 52.0 Å². The van der Waals surface area contributed by atoms with E-state index in [0.29, 0.717) is 50.1 Å². The Labute approximate surface area is 403 Å². The highest BCUT2D eigenvalue weighted by molar-refractivity contribution is 6.92. The molecule has 0 unspecified atom stereocenters. The van der Waals surface area contributed by atoms with Crippen molar-refractivity contribution in [2.45, 2.75) is 141 Å². The van der Waals surface area contributed by atoms with Crippen molar-refractivity contribution in [2.75, 3.05) is 42.8 Å². The molecule has 3 fully saturated rings. The maximum absolute atomic E-state index is 13.7. The molecule has 3 saturated heterocycles. The molecule has 6 amide bonds. The van der Waals surface area contributed by atoms with Crippen LogP contribution in [0.25, 0.3) is 0 Å². The molecular formula is C52H73N7O8Si. The largest absolute Gasteiger partial charge is 0.453 e. The third kappa shape index (κ3) is 11.3. The number of alkyl carbamates (subject to hydrolysis) is 2. The number of hydrogen-bond acceptors (Lipinski definition) is 9. The third-order valence-corrected chi connectivity index (χ3v) is 20.3. The molecule has 0 radical (unpaired) electrons. The van der Waals surface area contributed by atoms with Crippen LogP contribution in [0.4, 0.5) is 26.7 Å². The van der Waals surface area contributed by atoms with E-state index in [4.69, 9.17) is 9.47 Å². The molecule has 3 aromatic carbocycles. The summed E-state index contributed by atoms with van der Waals surface area (Å²) in [6.45, 7) is 20.0. The van der Waals surface area contributed by atoms with Gasteiger partial charge in [0, 0.05) is 30.2 Å². The Bertz CT molecular complexity index is 2150. The van der Waals surface area contributed by atoms with Crippen molar-refractivity contribution < 1.29 is 38.2 Å². The maximum Gasteiger partial charge on any atom is 0.407 e. The summed E-state index contributed by atoms with van der Waals surface area (Å²) in [6.07, 6.45) is 2.78. The second-order valence-electron chi connectivity index (χ2n) is 20.8. The number of methoxy groups -OCH3 is 2. The zero-order valence-corrected chi connectivity index (χ0v) is 42.8. The van der Waals surface area contributed by atoms with E-state index >= 15 is 0 Å². The van der Waals surface area contributed by atoms with Crippen LogP contribution in [0.5, 0.6) is 0 Å². The molecule has 368 valence electrons. The molecule has 6 atom stereocenters. The Hall–Kier alpha value is -5.90. The lowest BCUT2D eigenvalue weighted by molar-refractivity contribution is -0.139. The monoisotopic (exact) mass is 952 g/mol. The summed E-state index contributed by atoms with van der Waals surface area (Å²) in [5.41, 5.74) is 4.57. The maximum atomic E-state index is 13.7. The number of carbonyl (C=O) groups is 6. The number of amides is 6. The van der Waals surface area contributed by atoms with E-state index in [-0.39, 0.29) is 52.6 Å². The lowest BCUT2D eigenvalue weighted by Gasteiger charge is -2.38. The van der Waals surface area contributed by atoms with Gasteiger partial charge >= 0.3 is 12.2 Å². The minimum atomic E-state index is -1.80. The number of nitrogens with zero attached hydrogens (tertiary/aromatic N) is 3. The standard InChI is InChI=1S/C52H73N7O8Si/c1-32(2)44(55-50(64)66-8)48(62)57-30-12-14-42(57)46(60)53-36-20-16-34(17-21-36)40-28-29-41(59(40)38-24-26-39(27-25-38)68(10,11)52(5,6)7)35-18-22-37(23-19-35)54-47(61)43-15-13-31-58(43)49(63)45(33(3)4)56-51(65)67-9/h16-27,32-33,40-45H,12-15,28-31H2,1-11H3,(H,53,60)(H,54,61)(H,55,64)(H,56,65)/t40-,41-,42+,43+,44+,45+/m1/s1. The van der Waals surface area contributed by atoms with E-state index < -0.39 is 44.4 Å². The Morgan fingerprint density at radius 1 is 0.588 bits per heavy atom. The molecule has 4 N–H and O–H groups in total. The van der Waals surface area contributed by atoms with E-state index in [0.717, 1.165) is 29.7 Å². The van der Waals surface area contributed by atoms with Crippen molar-refractivity contribution in [3.05, 3.63) is 83.9 Å². The minimum absolute atomic E-state index is 0.0234. The van der Waals surface area contributed by atoms with Crippen molar-refractivity contribution in [3.8, 4) is 0 Å². The normalized spacial score (nSPS) is 20.5. The second kappa shape index (κ2) is 21.6. The Morgan fingerprint density at radius 3 is 1.31 bits per heavy atom. The Morgan fingerprint density at radius 2 is 0.971 bits per heavy atom. The van der Waals surface area contributed by atoms with Crippen LogP contribution in [0.1, 0.15) is 110 Å². The zero-order valence-electron chi connectivity index (χ0n) is 41.8. The topological polar surface area (TPSA) is 179 Å². The van der Waals surface area contributed by atoms with Gasteiger partial charge in [0.05, 0.1) is 34.4 Å². The second-order valence-corrected chi connectivity index (χ2v) is 26.1. The average Bonchev–Trinajstić information content (AvgIpc) is 4.11. The number of ether oxygens (including phenoxy) is 2. The van der Waals surface area contributed by atoms with Crippen LogP contribution in [-0.4, -0.2) is 105 Å². The van der Waals surface area contributed by atoms with Crippen LogP contribution in [0, 0.1) is 11.8 Å². The van der Waals surface area contributed by atoms with Gasteiger partial charge in [-0.1, -0.05) is 103 Å². The van der Waals surface area contributed by atoms with Gasteiger partial charge in [-0.2, -0.15) is 0 Å². The summed E-state index contributed by atoms with van der Waals surface area (Å²) in [4.78, 5) is 84.4. The van der Waals surface area contributed by atoms with Gasteiger partial charge in [-0.3, -0.25) is 19.2 Å². The Balaban J connectivity index is 1.20. The summed E-state index contributed by atoms with van der Waals surface area (Å²) in [7, 11) is 0.710. The number of nitrogens with one attached hydrogen (secondary N) is 4. The summed E-state index contributed by atoms with van der Waals surface area (Å²) in [5.74, 6) is -1.55. The van der Waals surface area contributed by atoms with Gasteiger partial charge in [0.15, 0.2) is 0 Å². The van der Waals surface area contributed by atoms with Crippen LogP contribution < -0.4 is 31.4 Å². The van der Waals surface area contributed by atoms with Gasteiger partial charge < -0.3 is 45.4 Å². The molecule has 3 heterocycles. The lowest BCUT2D eigenvalue weighted by Crippen LogP contribution is -2.54. The number of benzene rings is 3. The Kier molecular flexibility index (Phi) is 16.3. The number of likely N-dealkylation sites (tertiary alicyclic amines) is 2. The molecule has 3 aliphatic heterocycles. The summed E-state index contributed by atoms with van der Waals surface area (Å²) in [5, 5.41) is 13.0. The van der Waals surface area contributed by atoms with Crippen LogP contribution >= 0.6 is 0 Å². The number of rotatable bonds is 14. The first-order chi connectivity index (χ1) is 32.2. The average molecular weight is 952 g/mol. The van der Waals surface area contributed by atoms with E-state index in [1.54, 1.807) is 9.80 Å². The highest BCUT2D eigenvalue weighted by Crippen LogP contribution is 2.47. The van der Waals surface area contributed by atoms with Crippen molar-refractivity contribution in [1.29, 1.82) is 0 Å². The summed E-state index contributed by atoms with van der Waals surface area (Å²) >= 11 is 0. The van der Waals surface area contributed by atoms with Gasteiger partial charge in [-0.05, 0) is 103 Å². The predicted octanol–water partition coefficient (Wildman–Crippen LogP) is 8.11. The molecule has 0 aromatic heterocycles. The third-order valence-electron chi connectivity index (χ3n) is 14.7.